The van der Waals surface area contributed by atoms with Crippen molar-refractivity contribution in [3.8, 4) is 5.75 Å². The fourth-order valence-electron chi connectivity index (χ4n) is 1.70. The number of nitrogens with two attached hydrogens (primary N) is 1. The van der Waals surface area contributed by atoms with E-state index in [4.69, 9.17) is 21.5 Å². The van der Waals surface area contributed by atoms with Crippen molar-refractivity contribution in [3.05, 3.63) is 28.3 Å². The van der Waals surface area contributed by atoms with Crippen LogP contribution < -0.4 is 9.88 Å². The Labute approximate surface area is 113 Å². The monoisotopic (exact) mass is 291 g/mol. The predicted octanol–water partition coefficient (Wildman–Crippen LogP) is 2.40. The second-order valence-electron chi connectivity index (χ2n) is 4.29. The van der Waals surface area contributed by atoms with Crippen LogP contribution in [-0.4, -0.2) is 20.8 Å². The maximum atomic E-state index is 10.7. The van der Waals surface area contributed by atoms with E-state index in [1.807, 2.05) is 26.0 Å². The molecule has 0 spiro atoms. The molecule has 0 aromatic heterocycles. The molecule has 0 fully saturated rings. The highest BCUT2D eigenvalue weighted by molar-refractivity contribution is 7.89. The first-order valence-electron chi connectivity index (χ1n) is 5.69. The lowest BCUT2D eigenvalue weighted by atomic mass is 10.1. The summed E-state index contributed by atoms with van der Waals surface area (Å²) in [5.74, 6) is 0.810. The summed E-state index contributed by atoms with van der Waals surface area (Å²) in [4.78, 5) is 0. The zero-order chi connectivity index (χ0) is 13.8. The van der Waals surface area contributed by atoms with Crippen molar-refractivity contribution < 1.29 is 13.2 Å². The van der Waals surface area contributed by atoms with E-state index in [0.29, 0.717) is 24.5 Å². The highest BCUT2D eigenvalue weighted by atomic mass is 35.5. The molecule has 2 N–H and O–H groups in total. The SMILES string of the molecule is Cc1cc(Cl)cc(C)c1OCCCCS(N)(=O)=O. The van der Waals surface area contributed by atoms with Gasteiger partial charge in [0.2, 0.25) is 10.0 Å². The zero-order valence-electron chi connectivity index (χ0n) is 10.6. The van der Waals surface area contributed by atoms with Crippen molar-refractivity contribution in [1.29, 1.82) is 0 Å². The average Bonchev–Trinajstić information content (AvgIpc) is 2.19. The Kier molecular flexibility index (Phi) is 5.44. The number of ether oxygens (including phenoxy) is 1. The minimum Gasteiger partial charge on any atom is -0.493 e. The predicted molar refractivity (Wildman–Crippen MR) is 73.6 cm³/mol. The fourth-order valence-corrected chi connectivity index (χ4v) is 2.64. The number of rotatable bonds is 6. The van der Waals surface area contributed by atoms with Crippen LogP contribution in [0.5, 0.6) is 5.75 Å². The van der Waals surface area contributed by atoms with Gasteiger partial charge in [-0.3, -0.25) is 0 Å². The van der Waals surface area contributed by atoms with Gasteiger partial charge in [-0.05, 0) is 49.9 Å². The van der Waals surface area contributed by atoms with Crippen molar-refractivity contribution in [2.24, 2.45) is 5.14 Å². The van der Waals surface area contributed by atoms with Gasteiger partial charge >= 0.3 is 0 Å². The number of aryl methyl sites for hydroxylation is 2. The van der Waals surface area contributed by atoms with Crippen molar-refractivity contribution in [3.63, 3.8) is 0 Å². The molecule has 1 rings (SSSR count). The molecule has 1 aromatic rings. The van der Waals surface area contributed by atoms with Crippen molar-refractivity contribution in [2.75, 3.05) is 12.4 Å². The van der Waals surface area contributed by atoms with E-state index in [1.165, 1.54) is 0 Å². The summed E-state index contributed by atoms with van der Waals surface area (Å²) >= 11 is 5.92. The lowest BCUT2D eigenvalue weighted by Gasteiger charge is -2.12. The van der Waals surface area contributed by atoms with Crippen LogP contribution in [0, 0.1) is 13.8 Å². The topological polar surface area (TPSA) is 69.4 Å². The average molecular weight is 292 g/mol. The van der Waals surface area contributed by atoms with Gasteiger partial charge in [0.05, 0.1) is 12.4 Å². The molecule has 0 aliphatic carbocycles. The summed E-state index contributed by atoms with van der Waals surface area (Å²) in [5, 5.41) is 5.60. The maximum absolute atomic E-state index is 10.7. The largest absolute Gasteiger partial charge is 0.493 e. The van der Waals surface area contributed by atoms with Gasteiger partial charge in [0.1, 0.15) is 5.75 Å². The number of hydrogen-bond acceptors (Lipinski definition) is 3. The number of hydrogen-bond donors (Lipinski definition) is 1. The smallest absolute Gasteiger partial charge is 0.209 e. The van der Waals surface area contributed by atoms with E-state index in [9.17, 15) is 8.42 Å². The maximum Gasteiger partial charge on any atom is 0.209 e. The number of primary sulfonamides is 1. The van der Waals surface area contributed by atoms with Crippen molar-refractivity contribution in [1.82, 2.24) is 0 Å². The van der Waals surface area contributed by atoms with Gasteiger partial charge in [0.15, 0.2) is 0 Å². The first-order chi connectivity index (χ1) is 8.29. The summed E-state index contributed by atoms with van der Waals surface area (Å²) in [5.41, 5.74) is 1.96. The molecule has 102 valence electrons. The van der Waals surface area contributed by atoms with Crippen LogP contribution in [0.4, 0.5) is 0 Å². The van der Waals surface area contributed by atoms with Gasteiger partial charge in [0, 0.05) is 5.02 Å². The molecule has 0 amide bonds. The summed E-state index contributed by atoms with van der Waals surface area (Å²) in [7, 11) is -3.36. The minimum atomic E-state index is -3.36. The molecule has 0 unspecified atom stereocenters. The van der Waals surface area contributed by atoms with Gasteiger partial charge in [-0.2, -0.15) is 0 Å². The van der Waals surface area contributed by atoms with Crippen LogP contribution in [-0.2, 0) is 10.0 Å². The molecule has 0 aliphatic heterocycles. The molecule has 0 heterocycles. The van der Waals surface area contributed by atoms with Crippen LogP contribution in [0.2, 0.25) is 5.02 Å². The van der Waals surface area contributed by atoms with Crippen LogP contribution in [0.3, 0.4) is 0 Å². The first kappa shape index (κ1) is 15.3. The highest BCUT2D eigenvalue weighted by Gasteiger charge is 2.06. The molecule has 0 saturated carbocycles. The molecule has 0 bridgehead atoms. The second-order valence-corrected chi connectivity index (χ2v) is 6.46. The first-order valence-corrected chi connectivity index (χ1v) is 7.79. The summed E-state index contributed by atoms with van der Waals surface area (Å²) in [6, 6.07) is 3.68. The van der Waals surface area contributed by atoms with Crippen LogP contribution in [0.15, 0.2) is 12.1 Å². The Morgan fingerprint density at radius 2 is 1.78 bits per heavy atom. The summed E-state index contributed by atoms with van der Waals surface area (Å²) in [6.45, 7) is 4.33. The van der Waals surface area contributed by atoms with Gasteiger partial charge in [0.25, 0.3) is 0 Å². The Bertz CT molecular complexity index is 491. The Morgan fingerprint density at radius 3 is 2.28 bits per heavy atom. The van der Waals surface area contributed by atoms with E-state index in [-0.39, 0.29) is 5.75 Å². The third kappa shape index (κ3) is 5.25. The van der Waals surface area contributed by atoms with E-state index < -0.39 is 10.0 Å². The van der Waals surface area contributed by atoms with E-state index in [1.54, 1.807) is 0 Å². The number of unbranched alkanes of at least 4 members (excludes halogenated alkanes) is 1. The molecule has 18 heavy (non-hydrogen) atoms. The highest BCUT2D eigenvalue weighted by Crippen LogP contribution is 2.27. The molecule has 0 atom stereocenters. The van der Waals surface area contributed by atoms with Crippen molar-refractivity contribution >= 4 is 21.6 Å². The Hall–Kier alpha value is -0.780. The quantitative estimate of drug-likeness (QED) is 0.818. The molecular weight excluding hydrogens is 274 g/mol. The fraction of sp³-hybridized carbons (Fsp3) is 0.500. The third-order valence-corrected chi connectivity index (χ3v) is 3.57. The van der Waals surface area contributed by atoms with E-state index in [0.717, 1.165) is 16.9 Å². The van der Waals surface area contributed by atoms with Gasteiger partial charge in [-0.1, -0.05) is 11.6 Å². The van der Waals surface area contributed by atoms with Gasteiger partial charge in [-0.25, -0.2) is 13.6 Å². The molecule has 6 heteroatoms. The number of sulfonamides is 1. The van der Waals surface area contributed by atoms with Crippen LogP contribution >= 0.6 is 11.6 Å². The van der Waals surface area contributed by atoms with Crippen LogP contribution in [0.25, 0.3) is 0 Å². The minimum absolute atomic E-state index is 0.00502. The third-order valence-electron chi connectivity index (χ3n) is 2.49. The number of benzene rings is 1. The Balaban J connectivity index is 2.45. The number of halogens is 1. The summed E-state index contributed by atoms with van der Waals surface area (Å²) < 4.78 is 27.1. The van der Waals surface area contributed by atoms with Crippen molar-refractivity contribution in [2.45, 2.75) is 26.7 Å². The molecule has 1 aromatic carbocycles. The standard InChI is InChI=1S/C12H18ClNO3S/c1-9-7-11(13)8-10(2)12(9)17-5-3-4-6-18(14,15)16/h7-8H,3-6H2,1-2H3,(H2,14,15,16). The lowest BCUT2D eigenvalue weighted by molar-refractivity contribution is 0.305. The van der Waals surface area contributed by atoms with E-state index >= 15 is 0 Å². The van der Waals surface area contributed by atoms with Crippen LogP contribution in [0.1, 0.15) is 24.0 Å². The molecule has 0 radical (unpaired) electrons. The molecule has 0 aliphatic rings. The Morgan fingerprint density at radius 1 is 1.22 bits per heavy atom. The van der Waals surface area contributed by atoms with Gasteiger partial charge < -0.3 is 4.74 Å². The van der Waals surface area contributed by atoms with E-state index in [2.05, 4.69) is 0 Å². The second kappa shape index (κ2) is 6.41. The lowest BCUT2D eigenvalue weighted by Crippen LogP contribution is -2.16. The molecule has 4 nitrogen and oxygen atoms in total. The molecule has 0 saturated heterocycles. The normalized spacial score (nSPS) is 11.6. The zero-order valence-corrected chi connectivity index (χ0v) is 12.1. The molecular formula is C12H18ClNO3S. The van der Waals surface area contributed by atoms with Gasteiger partial charge in [-0.15, -0.1) is 0 Å². The summed E-state index contributed by atoms with van der Waals surface area (Å²) in [6.07, 6.45) is 1.16.